The van der Waals surface area contributed by atoms with Crippen molar-refractivity contribution in [1.29, 1.82) is 0 Å². The molecule has 4 nitrogen and oxygen atoms in total. The highest BCUT2D eigenvalue weighted by molar-refractivity contribution is 5.74. The first-order valence-corrected chi connectivity index (χ1v) is 2.38. The second-order valence-electron chi connectivity index (χ2n) is 1.32. The second kappa shape index (κ2) is 2.86. The fourth-order valence-electron chi connectivity index (χ4n) is 0.394. The summed E-state index contributed by atoms with van der Waals surface area (Å²) < 4.78 is 4.80. The Balaban J connectivity index is 2.57. The Kier molecular flexibility index (Phi) is 1.85. The van der Waals surface area contributed by atoms with Crippen LogP contribution >= 0.6 is 0 Å². The molecule has 0 aromatic carbocycles. The highest BCUT2D eigenvalue weighted by atomic mass is 16.6. The van der Waals surface area contributed by atoms with Gasteiger partial charge in [-0.2, -0.15) is 0 Å². The third kappa shape index (κ3) is 1.56. The Bertz CT molecular complexity index is 181. The lowest BCUT2D eigenvalue weighted by Crippen LogP contribution is -1.74. The lowest BCUT2D eigenvalue weighted by molar-refractivity contribution is 0.215. The van der Waals surface area contributed by atoms with E-state index in [1.165, 1.54) is 19.7 Å². The fraction of sp³-hybridized carbons (Fsp3) is 0.200. The predicted molar refractivity (Wildman–Crippen MR) is 31.1 cm³/mol. The minimum Gasteiger partial charge on any atom is -0.442 e. The maximum absolute atomic E-state index is 4.80. The molecule has 0 amide bonds. The van der Waals surface area contributed by atoms with E-state index in [1.807, 2.05) is 0 Å². The zero-order chi connectivity index (χ0) is 6.53. The molecule has 1 heterocycles. The number of hydrogen-bond donors (Lipinski definition) is 0. The van der Waals surface area contributed by atoms with Crippen LogP contribution in [0.15, 0.2) is 22.2 Å². The van der Waals surface area contributed by atoms with Gasteiger partial charge in [0.15, 0.2) is 12.2 Å². The van der Waals surface area contributed by atoms with Gasteiger partial charge in [-0.25, -0.2) is 4.98 Å². The van der Waals surface area contributed by atoms with Crippen molar-refractivity contribution in [3.8, 4) is 0 Å². The summed E-state index contributed by atoms with van der Waals surface area (Å²) in [6.07, 6.45) is 4.31. The van der Waals surface area contributed by atoms with Gasteiger partial charge in [0, 0.05) is 0 Å². The van der Waals surface area contributed by atoms with Gasteiger partial charge in [0.05, 0.1) is 6.20 Å². The van der Waals surface area contributed by atoms with Crippen molar-refractivity contribution in [2.75, 3.05) is 7.11 Å². The molecule has 9 heavy (non-hydrogen) atoms. The van der Waals surface area contributed by atoms with Gasteiger partial charge in [0.2, 0.25) is 0 Å². The standard InChI is InChI=1S/C5H6N2O2/c1-8-7-3-5-2-6-4-9-5/h2-4H,1H3. The SMILES string of the molecule is CON=Cc1cnco1. The molecule has 1 aromatic heterocycles. The van der Waals surface area contributed by atoms with E-state index in [9.17, 15) is 0 Å². The number of aromatic nitrogens is 1. The van der Waals surface area contributed by atoms with Crippen molar-refractivity contribution in [2.45, 2.75) is 0 Å². The Morgan fingerprint density at radius 1 is 1.89 bits per heavy atom. The van der Waals surface area contributed by atoms with Crippen LogP contribution in [0.25, 0.3) is 0 Å². The van der Waals surface area contributed by atoms with Crippen LogP contribution in [0.2, 0.25) is 0 Å². The van der Waals surface area contributed by atoms with Crippen LogP contribution in [0.1, 0.15) is 5.76 Å². The lowest BCUT2D eigenvalue weighted by Gasteiger charge is -1.80. The van der Waals surface area contributed by atoms with E-state index in [1.54, 1.807) is 6.20 Å². The zero-order valence-electron chi connectivity index (χ0n) is 4.94. The van der Waals surface area contributed by atoms with E-state index < -0.39 is 0 Å². The van der Waals surface area contributed by atoms with E-state index in [4.69, 9.17) is 4.42 Å². The van der Waals surface area contributed by atoms with Crippen molar-refractivity contribution in [3.63, 3.8) is 0 Å². The molecule has 1 aromatic rings. The summed E-state index contributed by atoms with van der Waals surface area (Å²) in [7, 11) is 1.47. The second-order valence-corrected chi connectivity index (χ2v) is 1.32. The number of oxazole rings is 1. The van der Waals surface area contributed by atoms with Crippen molar-refractivity contribution in [1.82, 2.24) is 4.98 Å². The summed E-state index contributed by atoms with van der Waals surface area (Å²) in [5, 5.41) is 3.46. The van der Waals surface area contributed by atoms with E-state index in [-0.39, 0.29) is 0 Å². The molecule has 0 radical (unpaired) electrons. The molecule has 0 spiro atoms. The minimum absolute atomic E-state index is 0.580. The summed E-state index contributed by atoms with van der Waals surface area (Å²) in [5.41, 5.74) is 0. The van der Waals surface area contributed by atoms with Crippen LogP contribution in [0.4, 0.5) is 0 Å². The Hall–Kier alpha value is -1.32. The number of rotatable bonds is 2. The number of hydrogen-bond acceptors (Lipinski definition) is 4. The first kappa shape index (κ1) is 5.81. The van der Waals surface area contributed by atoms with Crippen LogP contribution in [0.3, 0.4) is 0 Å². The maximum Gasteiger partial charge on any atom is 0.181 e. The third-order valence-corrected chi connectivity index (χ3v) is 0.737. The minimum atomic E-state index is 0.580. The van der Waals surface area contributed by atoms with Crippen LogP contribution in [0, 0.1) is 0 Å². The molecule has 0 aliphatic heterocycles. The molecule has 0 saturated heterocycles. The fourth-order valence-corrected chi connectivity index (χ4v) is 0.394. The van der Waals surface area contributed by atoms with Gasteiger partial charge in [-0.15, -0.1) is 0 Å². The van der Waals surface area contributed by atoms with Gasteiger partial charge in [-0.05, 0) is 0 Å². The smallest absolute Gasteiger partial charge is 0.181 e. The van der Waals surface area contributed by atoms with Crippen molar-refractivity contribution in [2.24, 2.45) is 5.16 Å². The zero-order valence-corrected chi connectivity index (χ0v) is 4.94. The van der Waals surface area contributed by atoms with E-state index in [0.717, 1.165) is 0 Å². The average Bonchev–Trinajstić information content (AvgIpc) is 2.34. The number of nitrogens with zero attached hydrogens (tertiary/aromatic N) is 2. The molecule has 4 heteroatoms. The number of oxime groups is 1. The largest absolute Gasteiger partial charge is 0.442 e. The summed E-state index contributed by atoms with van der Waals surface area (Å²) in [4.78, 5) is 8.06. The average molecular weight is 126 g/mol. The topological polar surface area (TPSA) is 47.6 Å². The van der Waals surface area contributed by atoms with E-state index >= 15 is 0 Å². The molecular formula is C5H6N2O2. The van der Waals surface area contributed by atoms with Crippen LogP contribution in [-0.2, 0) is 4.84 Å². The molecule has 0 fully saturated rings. The summed E-state index contributed by atoms with van der Waals surface area (Å²) in [6.45, 7) is 0. The van der Waals surface area contributed by atoms with Crippen LogP contribution < -0.4 is 0 Å². The Labute approximate surface area is 52.1 Å². The van der Waals surface area contributed by atoms with Gasteiger partial charge in [0.25, 0.3) is 0 Å². The predicted octanol–water partition coefficient (Wildman–Crippen LogP) is 0.655. The first-order valence-electron chi connectivity index (χ1n) is 2.38. The van der Waals surface area contributed by atoms with Crippen molar-refractivity contribution in [3.05, 3.63) is 18.4 Å². The summed E-state index contributed by atoms with van der Waals surface area (Å²) >= 11 is 0. The molecule has 0 unspecified atom stereocenters. The van der Waals surface area contributed by atoms with Crippen molar-refractivity contribution < 1.29 is 9.25 Å². The quantitative estimate of drug-likeness (QED) is 0.432. The molecule has 0 bridgehead atoms. The van der Waals surface area contributed by atoms with E-state index in [0.29, 0.717) is 5.76 Å². The molecular weight excluding hydrogens is 120 g/mol. The Morgan fingerprint density at radius 3 is 3.33 bits per heavy atom. The van der Waals surface area contributed by atoms with Gasteiger partial charge in [-0.3, -0.25) is 0 Å². The van der Waals surface area contributed by atoms with Gasteiger partial charge < -0.3 is 9.25 Å². The van der Waals surface area contributed by atoms with E-state index in [2.05, 4.69) is 15.0 Å². The molecule has 48 valence electrons. The molecule has 0 N–H and O–H groups in total. The monoisotopic (exact) mass is 126 g/mol. The highest BCUT2D eigenvalue weighted by Gasteiger charge is 1.86. The van der Waals surface area contributed by atoms with Gasteiger partial charge >= 0.3 is 0 Å². The summed E-state index contributed by atoms with van der Waals surface area (Å²) in [5.74, 6) is 0.580. The first-order chi connectivity index (χ1) is 4.43. The molecule has 0 saturated carbocycles. The molecule has 0 aliphatic rings. The summed E-state index contributed by atoms with van der Waals surface area (Å²) in [6, 6.07) is 0. The van der Waals surface area contributed by atoms with Gasteiger partial charge in [-0.1, -0.05) is 5.16 Å². The third-order valence-electron chi connectivity index (χ3n) is 0.737. The van der Waals surface area contributed by atoms with Crippen LogP contribution in [0.5, 0.6) is 0 Å². The highest BCUT2D eigenvalue weighted by Crippen LogP contribution is 1.90. The molecule has 0 aliphatic carbocycles. The Morgan fingerprint density at radius 2 is 2.78 bits per heavy atom. The van der Waals surface area contributed by atoms with Crippen molar-refractivity contribution >= 4 is 6.21 Å². The van der Waals surface area contributed by atoms with Crippen LogP contribution in [-0.4, -0.2) is 18.3 Å². The normalized spacial score (nSPS) is 10.3. The maximum atomic E-state index is 4.80. The molecule has 1 rings (SSSR count). The van der Waals surface area contributed by atoms with Gasteiger partial charge in [0.1, 0.15) is 13.3 Å². The lowest BCUT2D eigenvalue weighted by atomic mass is 10.6. The molecule has 0 atom stereocenters.